The Morgan fingerprint density at radius 1 is 1.21 bits per heavy atom. The van der Waals surface area contributed by atoms with Crippen LogP contribution in [0.5, 0.6) is 11.5 Å². The van der Waals surface area contributed by atoms with Gasteiger partial charge in [-0.2, -0.15) is 0 Å². The third-order valence-electron chi connectivity index (χ3n) is 2.56. The lowest BCUT2D eigenvalue weighted by Gasteiger charge is -2.17. The Kier molecular flexibility index (Phi) is 6.70. The maximum atomic E-state index is 12.2. The topological polar surface area (TPSA) is 38.8 Å². The van der Waals surface area contributed by atoms with Gasteiger partial charge in [0.25, 0.3) is 5.91 Å². The maximum Gasteiger partial charge on any atom is 0.253 e. The van der Waals surface area contributed by atoms with E-state index in [1.165, 1.54) is 0 Å². The van der Waals surface area contributed by atoms with E-state index in [1.54, 1.807) is 30.1 Å². The van der Waals surface area contributed by atoms with E-state index in [-0.39, 0.29) is 5.91 Å². The molecule has 0 saturated carbocycles. The number of nitrogens with zero attached hydrogens (tertiary/aromatic N) is 1. The Hall–Kier alpha value is -1.23. The van der Waals surface area contributed by atoms with Crippen molar-refractivity contribution >= 4 is 21.8 Å². The molecule has 0 radical (unpaired) electrons. The Morgan fingerprint density at radius 3 is 2.42 bits per heavy atom. The predicted molar refractivity (Wildman–Crippen MR) is 79.5 cm³/mol. The number of alkyl halides is 1. The molecule has 0 spiro atoms. The minimum Gasteiger partial charge on any atom is -0.490 e. The second kappa shape index (κ2) is 8.04. The second-order valence-corrected chi connectivity index (χ2v) is 4.74. The van der Waals surface area contributed by atoms with Crippen LogP contribution >= 0.6 is 15.9 Å². The average Bonchev–Trinajstić information content (AvgIpc) is 2.40. The summed E-state index contributed by atoms with van der Waals surface area (Å²) >= 11 is 3.32. The van der Waals surface area contributed by atoms with Crippen LogP contribution in [0.1, 0.15) is 24.2 Å². The zero-order valence-electron chi connectivity index (χ0n) is 11.6. The fraction of sp³-hybridized carbons (Fsp3) is 0.500. The van der Waals surface area contributed by atoms with E-state index in [4.69, 9.17) is 9.47 Å². The molecule has 0 aliphatic rings. The van der Waals surface area contributed by atoms with E-state index >= 15 is 0 Å². The lowest BCUT2D eigenvalue weighted by molar-refractivity contribution is 0.0803. The minimum absolute atomic E-state index is 0.0246. The van der Waals surface area contributed by atoms with Gasteiger partial charge >= 0.3 is 0 Å². The Labute approximate surface area is 122 Å². The van der Waals surface area contributed by atoms with Gasteiger partial charge in [0, 0.05) is 24.5 Å². The molecule has 0 aliphatic heterocycles. The molecule has 0 aromatic heterocycles. The molecule has 1 aromatic carbocycles. The van der Waals surface area contributed by atoms with Crippen molar-refractivity contribution in [2.75, 3.05) is 32.1 Å². The zero-order valence-corrected chi connectivity index (χ0v) is 13.2. The molecule has 0 saturated heterocycles. The molecule has 106 valence electrons. The maximum absolute atomic E-state index is 12.2. The van der Waals surface area contributed by atoms with Crippen LogP contribution < -0.4 is 9.47 Å². The summed E-state index contributed by atoms with van der Waals surface area (Å²) in [6.45, 7) is 5.58. The molecule has 0 unspecified atom stereocenters. The first kappa shape index (κ1) is 15.8. The van der Waals surface area contributed by atoms with Crippen LogP contribution in [-0.4, -0.2) is 42.9 Å². The molecule has 0 aliphatic carbocycles. The van der Waals surface area contributed by atoms with Crippen molar-refractivity contribution in [2.45, 2.75) is 13.8 Å². The van der Waals surface area contributed by atoms with Crippen molar-refractivity contribution in [1.82, 2.24) is 4.90 Å². The smallest absolute Gasteiger partial charge is 0.253 e. The van der Waals surface area contributed by atoms with Crippen LogP contribution in [0.4, 0.5) is 0 Å². The summed E-state index contributed by atoms with van der Waals surface area (Å²) in [6, 6.07) is 5.28. The molecule has 1 rings (SSSR count). The van der Waals surface area contributed by atoms with Crippen molar-refractivity contribution in [3.63, 3.8) is 0 Å². The van der Waals surface area contributed by atoms with E-state index < -0.39 is 0 Å². The van der Waals surface area contributed by atoms with Crippen LogP contribution in [0.15, 0.2) is 18.2 Å². The van der Waals surface area contributed by atoms with Gasteiger partial charge in [0.1, 0.15) is 0 Å². The van der Waals surface area contributed by atoms with Crippen molar-refractivity contribution in [2.24, 2.45) is 0 Å². The van der Waals surface area contributed by atoms with Gasteiger partial charge in [-0.1, -0.05) is 15.9 Å². The summed E-state index contributed by atoms with van der Waals surface area (Å²) in [7, 11) is 1.78. The normalized spacial score (nSPS) is 10.1. The van der Waals surface area contributed by atoms with Gasteiger partial charge in [-0.15, -0.1) is 0 Å². The van der Waals surface area contributed by atoms with Gasteiger partial charge in [0.05, 0.1) is 13.2 Å². The van der Waals surface area contributed by atoms with E-state index in [9.17, 15) is 4.79 Å². The minimum atomic E-state index is -0.0246. The standard InChI is InChI=1S/C14H20BrNO3/c1-4-18-12-7-6-11(10-13(12)19-5-2)14(17)16(3)9-8-15/h6-7,10H,4-5,8-9H2,1-3H3. The molecule has 5 heteroatoms. The molecule has 19 heavy (non-hydrogen) atoms. The SMILES string of the molecule is CCOc1ccc(C(=O)N(C)CCBr)cc1OCC. The van der Waals surface area contributed by atoms with Crippen molar-refractivity contribution in [3.05, 3.63) is 23.8 Å². The molecule has 0 bridgehead atoms. The molecule has 0 heterocycles. The number of benzene rings is 1. The summed E-state index contributed by atoms with van der Waals surface area (Å²) in [6.07, 6.45) is 0. The van der Waals surface area contributed by atoms with Gasteiger partial charge in [-0.3, -0.25) is 4.79 Å². The molecule has 0 atom stereocenters. The number of ether oxygens (including phenoxy) is 2. The molecule has 4 nitrogen and oxygen atoms in total. The van der Waals surface area contributed by atoms with E-state index in [0.29, 0.717) is 36.8 Å². The van der Waals surface area contributed by atoms with Crippen LogP contribution in [0.3, 0.4) is 0 Å². The molecular weight excluding hydrogens is 310 g/mol. The number of hydrogen-bond donors (Lipinski definition) is 0. The Morgan fingerprint density at radius 2 is 1.84 bits per heavy atom. The van der Waals surface area contributed by atoms with Gasteiger partial charge in [0.2, 0.25) is 0 Å². The monoisotopic (exact) mass is 329 g/mol. The van der Waals surface area contributed by atoms with Crippen molar-refractivity contribution < 1.29 is 14.3 Å². The number of hydrogen-bond acceptors (Lipinski definition) is 3. The number of carbonyl (C=O) groups is 1. The number of rotatable bonds is 7. The van der Waals surface area contributed by atoms with Crippen LogP contribution in [-0.2, 0) is 0 Å². The van der Waals surface area contributed by atoms with Gasteiger partial charge in [0.15, 0.2) is 11.5 Å². The summed E-state index contributed by atoms with van der Waals surface area (Å²) in [4.78, 5) is 13.8. The fourth-order valence-corrected chi connectivity index (χ4v) is 2.16. The summed E-state index contributed by atoms with van der Waals surface area (Å²) in [5, 5.41) is 0.755. The van der Waals surface area contributed by atoms with Crippen molar-refractivity contribution in [3.8, 4) is 11.5 Å². The van der Waals surface area contributed by atoms with Gasteiger partial charge in [-0.05, 0) is 32.0 Å². The van der Waals surface area contributed by atoms with Crippen LogP contribution in [0.2, 0.25) is 0 Å². The van der Waals surface area contributed by atoms with E-state index in [1.807, 2.05) is 13.8 Å². The summed E-state index contributed by atoms with van der Waals surface area (Å²) < 4.78 is 11.0. The zero-order chi connectivity index (χ0) is 14.3. The van der Waals surface area contributed by atoms with Crippen LogP contribution in [0, 0.1) is 0 Å². The lowest BCUT2D eigenvalue weighted by atomic mass is 10.1. The Balaban J connectivity index is 2.96. The number of amides is 1. The molecule has 1 amide bonds. The largest absolute Gasteiger partial charge is 0.490 e. The average molecular weight is 330 g/mol. The first-order valence-electron chi connectivity index (χ1n) is 6.35. The van der Waals surface area contributed by atoms with Gasteiger partial charge in [-0.25, -0.2) is 0 Å². The quantitative estimate of drug-likeness (QED) is 0.722. The summed E-state index contributed by atoms with van der Waals surface area (Å²) in [5.74, 6) is 1.26. The highest BCUT2D eigenvalue weighted by atomic mass is 79.9. The molecule has 0 N–H and O–H groups in total. The molecule has 0 fully saturated rings. The third kappa shape index (κ3) is 4.42. The van der Waals surface area contributed by atoms with E-state index in [0.717, 1.165) is 5.33 Å². The second-order valence-electron chi connectivity index (χ2n) is 3.94. The van der Waals surface area contributed by atoms with Crippen molar-refractivity contribution in [1.29, 1.82) is 0 Å². The van der Waals surface area contributed by atoms with Gasteiger partial charge < -0.3 is 14.4 Å². The van der Waals surface area contributed by atoms with E-state index in [2.05, 4.69) is 15.9 Å². The number of carbonyl (C=O) groups excluding carboxylic acids is 1. The fourth-order valence-electron chi connectivity index (χ4n) is 1.63. The number of halogens is 1. The highest BCUT2D eigenvalue weighted by Crippen LogP contribution is 2.28. The van der Waals surface area contributed by atoms with Crippen LogP contribution in [0.25, 0.3) is 0 Å². The first-order chi connectivity index (χ1) is 9.13. The molecular formula is C14H20BrNO3. The Bertz CT molecular complexity index is 423. The first-order valence-corrected chi connectivity index (χ1v) is 7.47. The highest BCUT2D eigenvalue weighted by Gasteiger charge is 2.14. The molecule has 1 aromatic rings. The highest BCUT2D eigenvalue weighted by molar-refractivity contribution is 9.09. The third-order valence-corrected chi connectivity index (χ3v) is 2.91. The predicted octanol–water partition coefficient (Wildman–Crippen LogP) is 2.95. The lowest BCUT2D eigenvalue weighted by Crippen LogP contribution is -2.28. The summed E-state index contributed by atoms with van der Waals surface area (Å²) in [5.41, 5.74) is 0.607.